The third-order valence-electron chi connectivity index (χ3n) is 4.18. The molecule has 1 amide bonds. The maximum atomic E-state index is 12.3. The number of pyridine rings is 1. The Morgan fingerprint density at radius 3 is 2.35 bits per heavy atom. The molecule has 0 saturated carbocycles. The minimum Gasteiger partial charge on any atom is -0.340 e. The summed E-state index contributed by atoms with van der Waals surface area (Å²) in [4.78, 5) is 16.7. The monoisotopic (exact) mass is 345 g/mol. The van der Waals surface area contributed by atoms with Crippen LogP contribution in [-0.4, -0.2) is 10.9 Å². The standard InChI is InChI=1S/C22H23N3O/c1-15(2)19-6-4-5-7-20(19)25-21-13-12-18(14-23-21)24-22(26)17-10-8-16(3)9-11-17/h4-15H,1-3H3,(H,23,25)(H,24,26). The van der Waals surface area contributed by atoms with E-state index in [2.05, 4.69) is 35.5 Å². The molecule has 26 heavy (non-hydrogen) atoms. The Morgan fingerprint density at radius 2 is 1.69 bits per heavy atom. The van der Waals surface area contributed by atoms with Crippen LogP contribution in [0.2, 0.25) is 0 Å². The smallest absolute Gasteiger partial charge is 0.255 e. The predicted molar refractivity (Wildman–Crippen MR) is 107 cm³/mol. The number of hydrogen-bond acceptors (Lipinski definition) is 3. The summed E-state index contributed by atoms with van der Waals surface area (Å²) in [7, 11) is 0. The van der Waals surface area contributed by atoms with Crippen molar-refractivity contribution in [3.8, 4) is 0 Å². The quantitative estimate of drug-likeness (QED) is 0.641. The Kier molecular flexibility index (Phi) is 5.32. The zero-order valence-corrected chi connectivity index (χ0v) is 15.3. The molecule has 0 aliphatic heterocycles. The second kappa shape index (κ2) is 7.83. The number of rotatable bonds is 5. The van der Waals surface area contributed by atoms with Crippen LogP contribution in [-0.2, 0) is 0 Å². The molecule has 132 valence electrons. The molecule has 4 nitrogen and oxygen atoms in total. The highest BCUT2D eigenvalue weighted by Gasteiger charge is 2.08. The lowest BCUT2D eigenvalue weighted by atomic mass is 10.0. The fourth-order valence-electron chi connectivity index (χ4n) is 2.70. The molecule has 2 aromatic carbocycles. The van der Waals surface area contributed by atoms with E-state index in [0.717, 1.165) is 17.1 Å². The zero-order valence-electron chi connectivity index (χ0n) is 15.3. The van der Waals surface area contributed by atoms with Gasteiger partial charge in [0.1, 0.15) is 5.82 Å². The normalized spacial score (nSPS) is 10.6. The highest BCUT2D eigenvalue weighted by molar-refractivity contribution is 6.04. The van der Waals surface area contributed by atoms with Crippen LogP contribution in [0.4, 0.5) is 17.2 Å². The molecule has 0 aliphatic rings. The summed E-state index contributed by atoms with van der Waals surface area (Å²) in [6.07, 6.45) is 1.66. The Labute approximate surface area is 154 Å². The van der Waals surface area contributed by atoms with E-state index >= 15 is 0 Å². The largest absolute Gasteiger partial charge is 0.340 e. The Hall–Kier alpha value is -3.14. The van der Waals surface area contributed by atoms with Crippen LogP contribution >= 0.6 is 0 Å². The number of nitrogens with zero attached hydrogens (tertiary/aromatic N) is 1. The molecule has 0 bridgehead atoms. The molecule has 2 N–H and O–H groups in total. The van der Waals surface area contributed by atoms with Crippen molar-refractivity contribution in [3.63, 3.8) is 0 Å². The van der Waals surface area contributed by atoms with Crippen molar-refractivity contribution in [1.82, 2.24) is 4.98 Å². The third-order valence-corrected chi connectivity index (χ3v) is 4.18. The molecule has 0 spiro atoms. The van der Waals surface area contributed by atoms with Gasteiger partial charge in [0.05, 0.1) is 11.9 Å². The lowest BCUT2D eigenvalue weighted by Crippen LogP contribution is -2.12. The summed E-state index contributed by atoms with van der Waals surface area (Å²) < 4.78 is 0. The lowest BCUT2D eigenvalue weighted by molar-refractivity contribution is 0.102. The molecule has 3 rings (SSSR count). The molecule has 0 radical (unpaired) electrons. The van der Waals surface area contributed by atoms with E-state index in [-0.39, 0.29) is 5.91 Å². The number of para-hydroxylation sites is 1. The number of carbonyl (C=O) groups is 1. The van der Waals surface area contributed by atoms with E-state index in [0.29, 0.717) is 17.2 Å². The van der Waals surface area contributed by atoms with E-state index in [9.17, 15) is 4.79 Å². The summed E-state index contributed by atoms with van der Waals surface area (Å²) in [5.74, 6) is 1.02. The topological polar surface area (TPSA) is 54.0 Å². The number of hydrogen-bond donors (Lipinski definition) is 2. The third kappa shape index (κ3) is 4.28. The van der Waals surface area contributed by atoms with Gasteiger partial charge in [0.15, 0.2) is 0 Å². The SMILES string of the molecule is Cc1ccc(C(=O)Nc2ccc(Nc3ccccc3C(C)C)nc2)cc1. The summed E-state index contributed by atoms with van der Waals surface area (Å²) >= 11 is 0. The first-order valence-electron chi connectivity index (χ1n) is 8.73. The summed E-state index contributed by atoms with van der Waals surface area (Å²) in [6, 6.07) is 19.4. The van der Waals surface area contributed by atoms with Gasteiger partial charge in [-0.05, 0) is 48.7 Å². The average Bonchev–Trinajstić information content (AvgIpc) is 2.64. The second-order valence-electron chi connectivity index (χ2n) is 6.62. The Bertz CT molecular complexity index is 884. The molecule has 0 saturated heterocycles. The molecule has 1 aromatic heterocycles. The van der Waals surface area contributed by atoms with Crippen molar-refractivity contribution in [2.45, 2.75) is 26.7 Å². The highest BCUT2D eigenvalue weighted by Crippen LogP contribution is 2.26. The van der Waals surface area contributed by atoms with Crippen molar-refractivity contribution in [3.05, 3.63) is 83.6 Å². The molecule has 0 fully saturated rings. The van der Waals surface area contributed by atoms with Crippen LogP contribution in [0, 0.1) is 6.92 Å². The van der Waals surface area contributed by atoms with Crippen molar-refractivity contribution < 1.29 is 4.79 Å². The first-order chi connectivity index (χ1) is 12.5. The van der Waals surface area contributed by atoms with Crippen LogP contribution in [0.1, 0.15) is 41.3 Å². The average molecular weight is 345 g/mol. The molecule has 3 aromatic rings. The number of anilines is 3. The van der Waals surface area contributed by atoms with Crippen molar-refractivity contribution in [2.75, 3.05) is 10.6 Å². The van der Waals surface area contributed by atoms with E-state index in [4.69, 9.17) is 0 Å². The minimum atomic E-state index is -0.141. The number of carbonyl (C=O) groups excluding carboxylic acids is 1. The maximum Gasteiger partial charge on any atom is 0.255 e. The first-order valence-corrected chi connectivity index (χ1v) is 8.73. The van der Waals surface area contributed by atoms with Gasteiger partial charge in [0, 0.05) is 11.3 Å². The Morgan fingerprint density at radius 1 is 0.962 bits per heavy atom. The van der Waals surface area contributed by atoms with Crippen molar-refractivity contribution in [2.24, 2.45) is 0 Å². The van der Waals surface area contributed by atoms with E-state index in [1.165, 1.54) is 5.56 Å². The molecule has 0 unspecified atom stereocenters. The van der Waals surface area contributed by atoms with E-state index < -0.39 is 0 Å². The Balaban J connectivity index is 1.69. The number of aromatic nitrogens is 1. The van der Waals surface area contributed by atoms with Gasteiger partial charge in [0.2, 0.25) is 0 Å². The number of aryl methyl sites for hydroxylation is 1. The zero-order chi connectivity index (χ0) is 18.5. The van der Waals surface area contributed by atoms with Gasteiger partial charge in [-0.2, -0.15) is 0 Å². The predicted octanol–water partition coefficient (Wildman–Crippen LogP) is 5.51. The van der Waals surface area contributed by atoms with Gasteiger partial charge in [-0.1, -0.05) is 49.7 Å². The molecule has 0 atom stereocenters. The summed E-state index contributed by atoms with van der Waals surface area (Å²) in [5.41, 5.74) is 4.71. The van der Waals surface area contributed by atoms with Gasteiger partial charge in [-0.3, -0.25) is 4.79 Å². The van der Waals surface area contributed by atoms with Crippen LogP contribution in [0.3, 0.4) is 0 Å². The van der Waals surface area contributed by atoms with Gasteiger partial charge < -0.3 is 10.6 Å². The van der Waals surface area contributed by atoms with Gasteiger partial charge in [-0.25, -0.2) is 4.98 Å². The fourth-order valence-corrected chi connectivity index (χ4v) is 2.70. The van der Waals surface area contributed by atoms with Crippen LogP contribution in [0.15, 0.2) is 66.9 Å². The molecule has 1 heterocycles. The lowest BCUT2D eigenvalue weighted by Gasteiger charge is -2.14. The number of nitrogens with one attached hydrogen (secondary N) is 2. The maximum absolute atomic E-state index is 12.3. The summed E-state index contributed by atoms with van der Waals surface area (Å²) in [6.45, 7) is 6.32. The molecular weight excluding hydrogens is 322 g/mol. The van der Waals surface area contributed by atoms with E-state index in [1.807, 2.05) is 61.5 Å². The number of benzene rings is 2. The second-order valence-corrected chi connectivity index (χ2v) is 6.62. The van der Waals surface area contributed by atoms with Gasteiger partial charge in [-0.15, -0.1) is 0 Å². The minimum absolute atomic E-state index is 0.141. The summed E-state index contributed by atoms with van der Waals surface area (Å²) in [5, 5.41) is 6.22. The molecular formula is C22H23N3O. The highest BCUT2D eigenvalue weighted by atomic mass is 16.1. The van der Waals surface area contributed by atoms with Crippen molar-refractivity contribution in [1.29, 1.82) is 0 Å². The molecule has 4 heteroatoms. The van der Waals surface area contributed by atoms with Gasteiger partial charge >= 0.3 is 0 Å². The van der Waals surface area contributed by atoms with Crippen LogP contribution in [0.25, 0.3) is 0 Å². The van der Waals surface area contributed by atoms with Crippen molar-refractivity contribution >= 4 is 23.1 Å². The van der Waals surface area contributed by atoms with Crippen LogP contribution < -0.4 is 10.6 Å². The number of amides is 1. The molecule has 0 aliphatic carbocycles. The fraction of sp³-hybridized carbons (Fsp3) is 0.182. The van der Waals surface area contributed by atoms with Crippen LogP contribution in [0.5, 0.6) is 0 Å². The van der Waals surface area contributed by atoms with Gasteiger partial charge in [0.25, 0.3) is 5.91 Å². The van der Waals surface area contributed by atoms with E-state index in [1.54, 1.807) is 6.20 Å². The first kappa shape index (κ1) is 17.7.